The van der Waals surface area contributed by atoms with E-state index in [1.807, 2.05) is 0 Å². The van der Waals surface area contributed by atoms with E-state index in [9.17, 15) is 4.79 Å². The summed E-state index contributed by atoms with van der Waals surface area (Å²) in [5.74, 6) is -0.612. The van der Waals surface area contributed by atoms with Gasteiger partial charge in [-0.1, -0.05) is 6.08 Å². The minimum atomic E-state index is -1.11. The first-order chi connectivity index (χ1) is 6.22. The lowest BCUT2D eigenvalue weighted by Crippen LogP contribution is -2.22. The summed E-state index contributed by atoms with van der Waals surface area (Å²) in [6, 6.07) is 0. The van der Waals surface area contributed by atoms with Crippen LogP contribution in [0, 0.1) is 0 Å². The molecular weight excluding hydrogens is 172 g/mol. The Balaban J connectivity index is 3.66. The highest BCUT2D eigenvalue weighted by Crippen LogP contribution is 1.95. The fraction of sp³-hybridized carbons (Fsp3) is 0.500. The summed E-state index contributed by atoms with van der Waals surface area (Å²) in [6.07, 6.45) is 2.13. The van der Waals surface area contributed by atoms with Crippen molar-refractivity contribution in [2.75, 3.05) is 6.61 Å². The second kappa shape index (κ2) is 7.30. The van der Waals surface area contributed by atoms with Crippen LogP contribution in [0.4, 0.5) is 0 Å². The number of hydrazone groups is 1. The molecule has 0 aliphatic rings. The van der Waals surface area contributed by atoms with Gasteiger partial charge in [-0.3, -0.25) is 5.43 Å². The third-order valence-electron chi connectivity index (χ3n) is 1.20. The van der Waals surface area contributed by atoms with Crippen molar-refractivity contribution < 1.29 is 14.6 Å². The molecule has 1 atom stereocenters. The first-order valence-corrected chi connectivity index (χ1v) is 3.93. The molecule has 1 unspecified atom stereocenters. The first-order valence-electron chi connectivity index (χ1n) is 3.93. The lowest BCUT2D eigenvalue weighted by molar-refractivity contribution is -0.152. The molecule has 13 heavy (non-hydrogen) atoms. The minimum absolute atomic E-state index is 0.196. The van der Waals surface area contributed by atoms with Gasteiger partial charge in [-0.15, -0.1) is 0 Å². The lowest BCUT2D eigenvalue weighted by Gasteiger charge is -2.05. The van der Waals surface area contributed by atoms with Gasteiger partial charge in [0, 0.05) is 19.3 Å². The number of hydrogen-bond donors (Lipinski definition) is 2. The molecule has 0 fully saturated rings. The summed E-state index contributed by atoms with van der Waals surface area (Å²) in [4.78, 5) is 10.8. The zero-order chi connectivity index (χ0) is 10.1. The van der Waals surface area contributed by atoms with E-state index in [2.05, 4.69) is 22.0 Å². The number of carbonyl (C=O) groups excluding carboxylic acids is 1. The molecule has 0 aromatic carbocycles. The van der Waals surface area contributed by atoms with Crippen LogP contribution < -0.4 is 5.43 Å². The molecule has 74 valence electrons. The molecule has 0 saturated carbocycles. The van der Waals surface area contributed by atoms with Crippen molar-refractivity contribution in [3.05, 3.63) is 12.3 Å². The molecule has 0 amide bonds. The second-order valence-electron chi connectivity index (χ2n) is 2.19. The lowest BCUT2D eigenvalue weighted by atomic mass is 10.2. The molecule has 5 heteroatoms. The van der Waals surface area contributed by atoms with Crippen LogP contribution in [0.5, 0.6) is 0 Å². The summed E-state index contributed by atoms with van der Waals surface area (Å²) in [6.45, 7) is 5.13. The number of esters is 1. The number of nitrogens with zero attached hydrogens (tertiary/aromatic N) is 1. The Bertz CT molecular complexity index is 192. The van der Waals surface area contributed by atoms with Crippen molar-refractivity contribution >= 4 is 12.7 Å². The maximum Gasteiger partial charge on any atom is 0.335 e. The number of carbonyl (C=O) groups is 1. The Morgan fingerprint density at radius 1 is 1.85 bits per heavy atom. The van der Waals surface area contributed by atoms with Crippen LogP contribution in [0.2, 0.25) is 0 Å². The van der Waals surface area contributed by atoms with E-state index in [4.69, 9.17) is 5.11 Å². The Kier molecular flexibility index (Phi) is 6.53. The summed E-state index contributed by atoms with van der Waals surface area (Å²) in [5, 5.41) is 12.5. The number of rotatable bonds is 6. The Morgan fingerprint density at radius 3 is 3.08 bits per heavy atom. The largest absolute Gasteiger partial charge is 0.464 e. The van der Waals surface area contributed by atoms with E-state index in [1.165, 1.54) is 6.20 Å². The first kappa shape index (κ1) is 11.6. The van der Waals surface area contributed by atoms with Gasteiger partial charge in [0.2, 0.25) is 0 Å². The van der Waals surface area contributed by atoms with E-state index < -0.39 is 12.1 Å². The van der Waals surface area contributed by atoms with Crippen molar-refractivity contribution in [1.29, 1.82) is 0 Å². The fourth-order valence-corrected chi connectivity index (χ4v) is 0.637. The van der Waals surface area contributed by atoms with E-state index in [-0.39, 0.29) is 13.0 Å². The highest BCUT2D eigenvalue weighted by molar-refractivity contribution is 5.74. The van der Waals surface area contributed by atoms with Gasteiger partial charge in [0.15, 0.2) is 6.10 Å². The molecule has 0 aliphatic heterocycles. The van der Waals surface area contributed by atoms with Crippen molar-refractivity contribution in [3.63, 3.8) is 0 Å². The van der Waals surface area contributed by atoms with Crippen LogP contribution in [0.3, 0.4) is 0 Å². The van der Waals surface area contributed by atoms with Crippen molar-refractivity contribution in [2.45, 2.75) is 19.4 Å². The van der Waals surface area contributed by atoms with Gasteiger partial charge in [-0.2, -0.15) is 5.10 Å². The second-order valence-corrected chi connectivity index (χ2v) is 2.19. The average molecular weight is 186 g/mol. The number of nitrogens with one attached hydrogen (secondary N) is 1. The van der Waals surface area contributed by atoms with Gasteiger partial charge in [-0.05, 0) is 6.92 Å². The molecule has 0 heterocycles. The highest BCUT2D eigenvalue weighted by atomic mass is 16.5. The SMILES string of the molecule is C=NN/C=C\CC(O)C(=O)OCC. The maximum atomic E-state index is 10.8. The molecule has 2 N–H and O–H groups in total. The number of aliphatic hydroxyl groups is 1. The molecule has 0 aliphatic carbocycles. The molecule has 0 rings (SSSR count). The van der Waals surface area contributed by atoms with Crippen LogP contribution in [-0.4, -0.2) is 30.5 Å². The Morgan fingerprint density at radius 2 is 2.54 bits per heavy atom. The van der Waals surface area contributed by atoms with E-state index in [0.29, 0.717) is 0 Å². The monoisotopic (exact) mass is 186 g/mol. The summed E-state index contributed by atoms with van der Waals surface area (Å²) in [7, 11) is 0. The van der Waals surface area contributed by atoms with Gasteiger partial charge >= 0.3 is 5.97 Å². The van der Waals surface area contributed by atoms with Crippen LogP contribution in [-0.2, 0) is 9.53 Å². The van der Waals surface area contributed by atoms with Gasteiger partial charge < -0.3 is 9.84 Å². The molecule has 5 nitrogen and oxygen atoms in total. The molecule has 0 spiro atoms. The third kappa shape index (κ3) is 5.86. The zero-order valence-electron chi connectivity index (χ0n) is 7.56. The van der Waals surface area contributed by atoms with E-state index in [0.717, 1.165) is 0 Å². The quantitative estimate of drug-likeness (QED) is 0.348. The molecule has 0 aromatic heterocycles. The predicted octanol–water partition coefficient (Wildman–Crippen LogP) is 0.0194. The molecule has 0 radical (unpaired) electrons. The molecule has 0 aromatic rings. The van der Waals surface area contributed by atoms with Crippen LogP contribution >= 0.6 is 0 Å². The van der Waals surface area contributed by atoms with Crippen LogP contribution in [0.25, 0.3) is 0 Å². The molecular formula is C8H14N2O3. The molecule has 0 saturated heterocycles. The fourth-order valence-electron chi connectivity index (χ4n) is 0.637. The van der Waals surface area contributed by atoms with Crippen molar-refractivity contribution in [2.24, 2.45) is 5.10 Å². The van der Waals surface area contributed by atoms with Crippen LogP contribution in [0.15, 0.2) is 17.4 Å². The number of hydrogen-bond acceptors (Lipinski definition) is 5. The predicted molar refractivity (Wildman–Crippen MR) is 49.1 cm³/mol. The standard InChI is InChI=1S/C8H14N2O3/c1-3-13-8(12)7(11)5-4-6-10-9-2/h4,6-7,10-11H,2-3,5H2,1H3/b6-4-. The summed E-state index contributed by atoms with van der Waals surface area (Å²) >= 11 is 0. The Hall–Kier alpha value is -1.36. The third-order valence-corrected chi connectivity index (χ3v) is 1.20. The molecule has 0 bridgehead atoms. The van der Waals surface area contributed by atoms with Gasteiger partial charge in [-0.25, -0.2) is 4.79 Å². The summed E-state index contributed by atoms with van der Waals surface area (Å²) < 4.78 is 4.58. The minimum Gasteiger partial charge on any atom is -0.464 e. The highest BCUT2D eigenvalue weighted by Gasteiger charge is 2.13. The summed E-state index contributed by atoms with van der Waals surface area (Å²) in [5.41, 5.74) is 2.44. The number of aliphatic hydroxyl groups excluding tert-OH is 1. The normalized spacial score (nSPS) is 12.5. The zero-order valence-corrected chi connectivity index (χ0v) is 7.56. The van der Waals surface area contributed by atoms with Crippen molar-refractivity contribution in [1.82, 2.24) is 5.43 Å². The Labute approximate surface area is 77.1 Å². The van der Waals surface area contributed by atoms with Gasteiger partial charge in [0.1, 0.15) is 0 Å². The topological polar surface area (TPSA) is 70.9 Å². The maximum absolute atomic E-state index is 10.8. The van der Waals surface area contributed by atoms with Gasteiger partial charge in [0.05, 0.1) is 6.61 Å². The van der Waals surface area contributed by atoms with Gasteiger partial charge in [0.25, 0.3) is 0 Å². The van der Waals surface area contributed by atoms with E-state index >= 15 is 0 Å². The number of ether oxygens (including phenoxy) is 1. The van der Waals surface area contributed by atoms with E-state index in [1.54, 1.807) is 13.0 Å². The van der Waals surface area contributed by atoms with Crippen LogP contribution in [0.1, 0.15) is 13.3 Å². The van der Waals surface area contributed by atoms with Crippen molar-refractivity contribution in [3.8, 4) is 0 Å². The average Bonchev–Trinajstić information content (AvgIpc) is 2.12. The smallest absolute Gasteiger partial charge is 0.335 e.